The molecule has 0 saturated carbocycles. The van der Waals surface area contributed by atoms with Gasteiger partial charge in [-0.25, -0.2) is 0 Å². The fraction of sp³-hybridized carbons (Fsp3) is 0.194. The van der Waals surface area contributed by atoms with Crippen LogP contribution in [-0.2, 0) is 17.9 Å². The Hall–Kier alpha value is -7.96. The Balaban J connectivity index is 1.12. The first-order valence-corrected chi connectivity index (χ1v) is 25.8. The van der Waals surface area contributed by atoms with Crippen molar-refractivity contribution in [1.29, 1.82) is 0 Å². The number of aromatic nitrogens is 1. The molecule has 3 heterocycles. The van der Waals surface area contributed by atoms with Gasteiger partial charge >= 0.3 is 0 Å². The van der Waals surface area contributed by atoms with Crippen molar-refractivity contribution in [1.82, 2.24) is 4.57 Å². The van der Waals surface area contributed by atoms with E-state index in [2.05, 4.69) is 278 Å². The predicted octanol–water partition coefficient (Wildman–Crippen LogP) is 16.5. The quantitative estimate of drug-likeness (QED) is 0.149. The number of anilines is 9. The van der Waals surface area contributed by atoms with Crippen LogP contribution in [-0.4, -0.2) is 11.3 Å². The molecule has 0 bridgehead atoms. The van der Waals surface area contributed by atoms with Crippen molar-refractivity contribution >= 4 is 96.1 Å². The van der Waals surface area contributed by atoms with Gasteiger partial charge in [0.05, 0.1) is 16.9 Å². The molecule has 10 aromatic rings. The molecule has 9 aromatic carbocycles. The molecule has 6 heteroatoms. The molecule has 0 aliphatic carbocycles. The molecule has 0 amide bonds. The van der Waals surface area contributed by atoms with Crippen LogP contribution in [0.15, 0.2) is 182 Å². The van der Waals surface area contributed by atoms with Gasteiger partial charge in [-0.2, -0.15) is 0 Å². The fourth-order valence-corrected chi connectivity index (χ4v) is 11.3. The molecule has 0 fully saturated rings. The maximum atomic E-state index is 7.42. The highest BCUT2D eigenvalue weighted by Gasteiger charge is 2.44. The second-order valence-electron chi connectivity index (χ2n) is 22.7. The summed E-state index contributed by atoms with van der Waals surface area (Å²) in [6.45, 7) is 22.4. The molecule has 0 spiro atoms. The summed E-state index contributed by atoms with van der Waals surface area (Å²) in [6.07, 6.45) is 0. The number of hydrogen-bond acceptors (Lipinski definition) is 4. The van der Waals surface area contributed by atoms with Gasteiger partial charge in [-0.15, -0.1) is 0 Å². The Morgan fingerprint density at radius 1 is 0.438 bits per heavy atom. The molecule has 12 rings (SSSR count). The van der Waals surface area contributed by atoms with Crippen molar-refractivity contribution in [2.45, 2.75) is 80.1 Å². The number of ether oxygens (including phenoxy) is 1. The highest BCUT2D eigenvalue weighted by atomic mass is 16.5. The highest BCUT2D eigenvalue weighted by Crippen LogP contribution is 2.51. The molecule has 0 N–H and O–H groups in total. The lowest BCUT2D eigenvalue weighted by atomic mass is 9.34. The van der Waals surface area contributed by atoms with Crippen LogP contribution in [0.1, 0.15) is 74.9 Å². The van der Waals surface area contributed by atoms with Gasteiger partial charge in [-0.1, -0.05) is 149 Å². The van der Waals surface area contributed by atoms with Crippen molar-refractivity contribution in [2.75, 3.05) is 14.7 Å². The molecule has 2 aliphatic heterocycles. The Labute approximate surface area is 432 Å². The van der Waals surface area contributed by atoms with E-state index >= 15 is 0 Å². The van der Waals surface area contributed by atoms with Gasteiger partial charge in [0, 0.05) is 69.2 Å². The van der Waals surface area contributed by atoms with Crippen LogP contribution in [0.4, 0.5) is 51.2 Å². The molecule has 0 saturated heterocycles. The summed E-state index contributed by atoms with van der Waals surface area (Å²) < 4.78 is 9.83. The van der Waals surface area contributed by atoms with Crippen LogP contribution in [0.25, 0.3) is 21.8 Å². The molecule has 360 valence electrons. The standard InChI is InChI=1S/C67H63BN4O/c1-42-16-25-48(26-17-42)70(49-27-18-43(2)19-28-49)52-33-34-54-61(41-52)73-62-40-47(67(8,9)10)39-60-64(62)68(54)55-38-46(66(5,6)7)24-35-57(55)72(60)58-36-37-59(65-63(58)53-14-12-13-15-56(53)69(65)11)71(50-29-20-44(3)21-30-50)51-31-22-45(4)23-32-51/h12-41H,1-11H3. The van der Waals surface area contributed by atoms with E-state index in [4.69, 9.17) is 4.74 Å². The minimum atomic E-state index is -0.177. The molecule has 0 radical (unpaired) electrons. The first-order valence-electron chi connectivity index (χ1n) is 25.8. The van der Waals surface area contributed by atoms with E-state index in [0.29, 0.717) is 0 Å². The van der Waals surface area contributed by atoms with Crippen LogP contribution in [0.3, 0.4) is 0 Å². The molecule has 0 atom stereocenters. The smallest absolute Gasteiger partial charge is 0.256 e. The molecule has 2 aliphatic rings. The SMILES string of the molecule is Cc1ccc(N(c2ccc(C)cc2)c2ccc3c(c2)Oc2cc(C(C)(C)C)cc4c2B3c2cc(C(C)(C)C)ccc2N4c2ccc(N(c3ccc(C)cc3)c3ccc(C)cc3)c3c2c2ccccc2n3C)cc1. The first kappa shape index (κ1) is 46.1. The highest BCUT2D eigenvalue weighted by molar-refractivity contribution is 6.99. The summed E-state index contributed by atoms with van der Waals surface area (Å²) in [5.74, 6) is 1.78. The van der Waals surface area contributed by atoms with E-state index in [0.717, 1.165) is 62.5 Å². The molecule has 73 heavy (non-hydrogen) atoms. The predicted molar refractivity (Wildman–Crippen MR) is 312 cm³/mol. The van der Waals surface area contributed by atoms with Gasteiger partial charge < -0.3 is 24.0 Å². The van der Waals surface area contributed by atoms with Crippen LogP contribution in [0, 0.1) is 27.7 Å². The molecule has 0 unspecified atom stereocenters. The van der Waals surface area contributed by atoms with E-state index in [1.807, 2.05) is 0 Å². The maximum absolute atomic E-state index is 7.42. The van der Waals surface area contributed by atoms with E-state index in [9.17, 15) is 0 Å². The van der Waals surface area contributed by atoms with Crippen LogP contribution in [0.2, 0.25) is 0 Å². The van der Waals surface area contributed by atoms with Crippen molar-refractivity contribution in [3.63, 3.8) is 0 Å². The second kappa shape index (κ2) is 17.1. The van der Waals surface area contributed by atoms with Crippen molar-refractivity contribution < 1.29 is 4.74 Å². The average Bonchev–Trinajstić information content (AvgIpc) is 3.67. The van der Waals surface area contributed by atoms with Gasteiger partial charge in [0.25, 0.3) is 6.71 Å². The van der Waals surface area contributed by atoms with Gasteiger partial charge in [0.2, 0.25) is 0 Å². The van der Waals surface area contributed by atoms with Gasteiger partial charge in [-0.05, 0) is 157 Å². The van der Waals surface area contributed by atoms with E-state index in [-0.39, 0.29) is 17.5 Å². The largest absolute Gasteiger partial charge is 0.458 e. The van der Waals surface area contributed by atoms with Crippen molar-refractivity contribution in [3.8, 4) is 11.5 Å². The minimum absolute atomic E-state index is 0.0839. The minimum Gasteiger partial charge on any atom is -0.458 e. The summed E-state index contributed by atoms with van der Waals surface area (Å²) in [7, 11) is 2.23. The topological polar surface area (TPSA) is 23.9 Å². The third kappa shape index (κ3) is 7.78. The Morgan fingerprint density at radius 2 is 0.959 bits per heavy atom. The lowest BCUT2D eigenvalue weighted by molar-refractivity contribution is 0.483. The van der Waals surface area contributed by atoms with Gasteiger partial charge in [0.1, 0.15) is 11.5 Å². The maximum Gasteiger partial charge on any atom is 0.256 e. The van der Waals surface area contributed by atoms with E-state index in [1.165, 1.54) is 71.7 Å². The number of aryl methyl sites for hydroxylation is 5. The number of fused-ring (bicyclic) bond motifs is 7. The zero-order chi connectivity index (χ0) is 50.7. The lowest BCUT2D eigenvalue weighted by Crippen LogP contribution is -2.59. The lowest BCUT2D eigenvalue weighted by Gasteiger charge is -2.42. The second-order valence-corrected chi connectivity index (χ2v) is 22.7. The third-order valence-corrected chi connectivity index (χ3v) is 15.4. The zero-order valence-electron chi connectivity index (χ0n) is 44.1. The Kier molecular flexibility index (Phi) is 10.8. The number of hydrogen-bond donors (Lipinski definition) is 0. The number of para-hydroxylation sites is 1. The summed E-state index contributed by atoms with van der Waals surface area (Å²) in [5.41, 5.74) is 23.2. The van der Waals surface area contributed by atoms with E-state index < -0.39 is 0 Å². The van der Waals surface area contributed by atoms with Crippen LogP contribution >= 0.6 is 0 Å². The summed E-state index contributed by atoms with van der Waals surface area (Å²) in [4.78, 5) is 7.35. The van der Waals surface area contributed by atoms with Crippen molar-refractivity contribution in [2.24, 2.45) is 7.05 Å². The zero-order valence-corrected chi connectivity index (χ0v) is 44.1. The monoisotopic (exact) mass is 951 g/mol. The van der Waals surface area contributed by atoms with Gasteiger partial charge in [0.15, 0.2) is 0 Å². The number of benzene rings is 9. The number of nitrogens with zero attached hydrogens (tertiary/aromatic N) is 4. The third-order valence-electron chi connectivity index (χ3n) is 15.4. The van der Waals surface area contributed by atoms with Crippen LogP contribution < -0.4 is 35.8 Å². The fourth-order valence-electron chi connectivity index (χ4n) is 11.3. The average molecular weight is 951 g/mol. The molecule has 5 nitrogen and oxygen atoms in total. The normalized spacial score (nSPS) is 12.9. The first-order chi connectivity index (χ1) is 35.0. The Bertz CT molecular complexity index is 3690. The summed E-state index contributed by atoms with van der Waals surface area (Å²) in [5, 5.41) is 2.41. The molecular formula is C67H63BN4O. The molecule has 1 aromatic heterocycles. The van der Waals surface area contributed by atoms with E-state index in [1.54, 1.807) is 0 Å². The summed E-state index contributed by atoms with van der Waals surface area (Å²) in [6, 6.07) is 68.1. The number of rotatable bonds is 7. The van der Waals surface area contributed by atoms with Gasteiger partial charge in [-0.3, -0.25) is 0 Å². The van der Waals surface area contributed by atoms with Crippen LogP contribution in [0.5, 0.6) is 11.5 Å². The summed E-state index contributed by atoms with van der Waals surface area (Å²) >= 11 is 0. The molecular weight excluding hydrogens is 888 g/mol. The Morgan fingerprint density at radius 3 is 1.52 bits per heavy atom. The van der Waals surface area contributed by atoms with Crippen molar-refractivity contribution in [3.05, 3.63) is 215 Å².